The second-order valence-electron chi connectivity index (χ2n) is 4.63. The van der Waals surface area contributed by atoms with Crippen molar-refractivity contribution in [1.29, 1.82) is 0 Å². The summed E-state index contributed by atoms with van der Waals surface area (Å²) in [4.78, 5) is 22.8. The number of hydrogen-bond donors (Lipinski definition) is 3. The summed E-state index contributed by atoms with van der Waals surface area (Å²) in [6.07, 6.45) is 2.16. The van der Waals surface area contributed by atoms with Crippen LogP contribution in [0.4, 0.5) is 0 Å². The van der Waals surface area contributed by atoms with Crippen LogP contribution in [-0.4, -0.2) is 29.6 Å². The molecule has 0 radical (unpaired) electrons. The number of amides is 1. The molecule has 0 aromatic rings. The molecule has 0 saturated heterocycles. The highest BCUT2D eigenvalue weighted by molar-refractivity contribution is 5.85. The van der Waals surface area contributed by atoms with Crippen LogP contribution in [0.3, 0.4) is 0 Å². The average molecular weight is 244 g/mol. The summed E-state index contributed by atoms with van der Waals surface area (Å²) < 4.78 is 0. The van der Waals surface area contributed by atoms with Gasteiger partial charge in [-0.15, -0.1) is 0 Å². The van der Waals surface area contributed by atoms with Crippen LogP contribution in [0, 0.1) is 11.8 Å². The molecule has 0 saturated carbocycles. The van der Waals surface area contributed by atoms with Crippen LogP contribution in [0.2, 0.25) is 0 Å². The van der Waals surface area contributed by atoms with Gasteiger partial charge in [-0.05, 0) is 12.3 Å². The largest absolute Gasteiger partial charge is 0.480 e. The van der Waals surface area contributed by atoms with Crippen LogP contribution in [0.15, 0.2) is 0 Å². The molecule has 2 atom stereocenters. The maximum absolute atomic E-state index is 11.8. The van der Waals surface area contributed by atoms with Crippen LogP contribution >= 0.6 is 0 Å². The lowest BCUT2D eigenvalue weighted by Crippen LogP contribution is -2.46. The molecule has 0 fully saturated rings. The number of nitrogens with two attached hydrogens (primary N) is 1. The molecule has 5 heteroatoms. The minimum Gasteiger partial charge on any atom is -0.480 e. The van der Waals surface area contributed by atoms with Crippen molar-refractivity contribution in [2.24, 2.45) is 17.6 Å². The average Bonchev–Trinajstić information content (AvgIpc) is 2.24. The summed E-state index contributed by atoms with van der Waals surface area (Å²) in [6.45, 7) is 6.03. The lowest BCUT2D eigenvalue weighted by atomic mass is 9.94. The Morgan fingerprint density at radius 3 is 2.29 bits per heavy atom. The molecule has 1 amide bonds. The van der Waals surface area contributed by atoms with Crippen LogP contribution < -0.4 is 11.1 Å². The van der Waals surface area contributed by atoms with Crippen molar-refractivity contribution in [2.75, 3.05) is 6.54 Å². The minimum atomic E-state index is -0.980. The van der Waals surface area contributed by atoms with Crippen molar-refractivity contribution >= 4 is 11.9 Å². The molecular weight excluding hydrogens is 220 g/mol. The lowest BCUT2D eigenvalue weighted by molar-refractivity contribution is -0.142. The zero-order valence-electron chi connectivity index (χ0n) is 10.9. The molecule has 0 bridgehead atoms. The Hall–Kier alpha value is -1.10. The van der Waals surface area contributed by atoms with E-state index < -0.39 is 12.0 Å². The summed E-state index contributed by atoms with van der Waals surface area (Å²) in [5, 5.41) is 11.6. The third-order valence-corrected chi connectivity index (χ3v) is 2.86. The first kappa shape index (κ1) is 15.9. The number of carbonyl (C=O) groups is 2. The van der Waals surface area contributed by atoms with Gasteiger partial charge in [0.1, 0.15) is 6.04 Å². The zero-order valence-corrected chi connectivity index (χ0v) is 10.9. The second kappa shape index (κ2) is 8.06. The fourth-order valence-electron chi connectivity index (χ4n) is 1.63. The maximum atomic E-state index is 11.8. The van der Waals surface area contributed by atoms with Crippen LogP contribution in [0.1, 0.15) is 40.0 Å². The van der Waals surface area contributed by atoms with E-state index in [2.05, 4.69) is 5.32 Å². The van der Waals surface area contributed by atoms with E-state index in [1.165, 1.54) is 0 Å². The van der Waals surface area contributed by atoms with E-state index in [-0.39, 0.29) is 24.3 Å². The van der Waals surface area contributed by atoms with Crippen LogP contribution in [0.5, 0.6) is 0 Å². The van der Waals surface area contributed by atoms with Gasteiger partial charge in [-0.2, -0.15) is 0 Å². The van der Waals surface area contributed by atoms with Gasteiger partial charge in [-0.25, -0.2) is 4.79 Å². The molecule has 0 aliphatic heterocycles. The predicted octanol–water partition coefficient (Wildman–Crippen LogP) is 0.977. The van der Waals surface area contributed by atoms with Crippen molar-refractivity contribution in [1.82, 2.24) is 5.32 Å². The number of nitrogens with one attached hydrogen (secondary N) is 1. The predicted molar refractivity (Wildman–Crippen MR) is 66.5 cm³/mol. The molecule has 4 N–H and O–H groups in total. The Kier molecular flexibility index (Phi) is 7.54. The molecule has 0 spiro atoms. The number of carboxylic acids is 1. The van der Waals surface area contributed by atoms with Gasteiger partial charge in [0.2, 0.25) is 5.91 Å². The molecule has 2 unspecified atom stereocenters. The molecular formula is C12H24N2O3. The molecule has 0 heterocycles. The Labute approximate surface area is 103 Å². The third kappa shape index (κ3) is 5.68. The number of unbranched alkanes of at least 4 members (excludes halogenated alkanes) is 1. The van der Waals surface area contributed by atoms with E-state index >= 15 is 0 Å². The third-order valence-electron chi connectivity index (χ3n) is 2.86. The summed E-state index contributed by atoms with van der Waals surface area (Å²) in [7, 11) is 0. The molecule has 0 rings (SSSR count). The lowest BCUT2D eigenvalue weighted by Gasteiger charge is -2.21. The van der Waals surface area contributed by atoms with E-state index in [4.69, 9.17) is 10.8 Å². The van der Waals surface area contributed by atoms with Crippen molar-refractivity contribution in [3.63, 3.8) is 0 Å². The number of carbonyl (C=O) groups excluding carboxylic acids is 1. The summed E-state index contributed by atoms with van der Waals surface area (Å²) in [5.41, 5.74) is 5.52. The van der Waals surface area contributed by atoms with Gasteiger partial charge in [0.05, 0.1) is 5.92 Å². The smallest absolute Gasteiger partial charge is 0.326 e. The highest BCUT2D eigenvalue weighted by atomic mass is 16.4. The van der Waals surface area contributed by atoms with Gasteiger partial charge < -0.3 is 16.2 Å². The molecule has 0 aliphatic rings. The highest BCUT2D eigenvalue weighted by Gasteiger charge is 2.25. The molecule has 0 aliphatic carbocycles. The number of aliphatic carboxylic acids is 1. The van der Waals surface area contributed by atoms with E-state index in [1.54, 1.807) is 0 Å². The first-order chi connectivity index (χ1) is 7.93. The topological polar surface area (TPSA) is 92.4 Å². The molecule has 100 valence electrons. The Morgan fingerprint density at radius 2 is 1.94 bits per heavy atom. The summed E-state index contributed by atoms with van der Waals surface area (Å²) >= 11 is 0. The van der Waals surface area contributed by atoms with Crippen molar-refractivity contribution < 1.29 is 14.7 Å². The molecule has 0 aromatic heterocycles. The van der Waals surface area contributed by atoms with E-state index in [0.29, 0.717) is 6.42 Å². The molecule has 0 aromatic carbocycles. The van der Waals surface area contributed by atoms with E-state index in [0.717, 1.165) is 12.8 Å². The van der Waals surface area contributed by atoms with Gasteiger partial charge in [0.25, 0.3) is 0 Å². The first-order valence-corrected chi connectivity index (χ1v) is 6.17. The standard InChI is InChI=1S/C12H24N2O3/c1-4-5-6-10(12(16)17)14-11(15)9(7-13)8(2)3/h8-10H,4-7,13H2,1-3H3,(H,14,15)(H,16,17). The molecule has 17 heavy (non-hydrogen) atoms. The van der Waals surface area contributed by atoms with Crippen molar-refractivity contribution in [3.8, 4) is 0 Å². The van der Waals surface area contributed by atoms with Crippen molar-refractivity contribution in [2.45, 2.75) is 46.1 Å². The van der Waals surface area contributed by atoms with E-state index in [9.17, 15) is 9.59 Å². The Balaban J connectivity index is 4.43. The van der Waals surface area contributed by atoms with Gasteiger partial charge in [-0.1, -0.05) is 33.6 Å². The first-order valence-electron chi connectivity index (χ1n) is 6.17. The highest BCUT2D eigenvalue weighted by Crippen LogP contribution is 2.10. The number of carboxylic acid groups (broad SMARTS) is 1. The van der Waals surface area contributed by atoms with Gasteiger partial charge >= 0.3 is 5.97 Å². The monoisotopic (exact) mass is 244 g/mol. The summed E-state index contributed by atoms with van der Waals surface area (Å²) in [5.74, 6) is -1.45. The normalized spacial score (nSPS) is 14.4. The maximum Gasteiger partial charge on any atom is 0.326 e. The minimum absolute atomic E-state index is 0.112. The number of rotatable bonds is 8. The fourth-order valence-corrected chi connectivity index (χ4v) is 1.63. The van der Waals surface area contributed by atoms with Crippen molar-refractivity contribution in [3.05, 3.63) is 0 Å². The quantitative estimate of drug-likeness (QED) is 0.593. The molecule has 5 nitrogen and oxygen atoms in total. The van der Waals surface area contributed by atoms with Gasteiger partial charge in [0.15, 0.2) is 0 Å². The van der Waals surface area contributed by atoms with E-state index in [1.807, 2.05) is 20.8 Å². The van der Waals surface area contributed by atoms with Gasteiger partial charge in [-0.3, -0.25) is 4.79 Å². The number of hydrogen-bond acceptors (Lipinski definition) is 3. The second-order valence-corrected chi connectivity index (χ2v) is 4.63. The van der Waals surface area contributed by atoms with Crippen LogP contribution in [-0.2, 0) is 9.59 Å². The zero-order chi connectivity index (χ0) is 13.4. The van der Waals surface area contributed by atoms with Crippen LogP contribution in [0.25, 0.3) is 0 Å². The fraction of sp³-hybridized carbons (Fsp3) is 0.833. The van der Waals surface area contributed by atoms with Gasteiger partial charge in [0, 0.05) is 6.54 Å². The summed E-state index contributed by atoms with van der Waals surface area (Å²) in [6, 6.07) is -0.796. The Morgan fingerprint density at radius 1 is 1.35 bits per heavy atom. The Bertz CT molecular complexity index is 254. The SMILES string of the molecule is CCCCC(NC(=O)C(CN)C(C)C)C(=O)O.